The van der Waals surface area contributed by atoms with Crippen molar-refractivity contribution in [3.05, 3.63) is 47.8 Å². The molecule has 1 aliphatic heterocycles. The van der Waals surface area contributed by atoms with Crippen LogP contribution >= 0.6 is 0 Å². The van der Waals surface area contributed by atoms with Crippen molar-refractivity contribution < 1.29 is 14.3 Å². The maximum atomic E-state index is 12.7. The second kappa shape index (κ2) is 6.60. The van der Waals surface area contributed by atoms with Crippen molar-refractivity contribution in [3.63, 3.8) is 0 Å². The lowest BCUT2D eigenvalue weighted by Crippen LogP contribution is -2.39. The van der Waals surface area contributed by atoms with Crippen LogP contribution in [0.1, 0.15) is 39.6 Å². The largest absolute Gasteiger partial charge is 0.465 e. The highest BCUT2D eigenvalue weighted by atomic mass is 16.5. The smallest absolute Gasteiger partial charge is 0.338 e. The summed E-state index contributed by atoms with van der Waals surface area (Å²) in [6.07, 6.45) is 5.13. The number of hydrogen-bond acceptors (Lipinski definition) is 5. The fourth-order valence-corrected chi connectivity index (χ4v) is 2.87. The van der Waals surface area contributed by atoms with Crippen molar-refractivity contribution in [1.82, 2.24) is 19.9 Å². The van der Waals surface area contributed by atoms with E-state index in [1.165, 1.54) is 7.11 Å². The molecule has 0 bridgehead atoms. The summed E-state index contributed by atoms with van der Waals surface area (Å²) in [5, 5.41) is 7.84. The van der Waals surface area contributed by atoms with Gasteiger partial charge in [0.1, 0.15) is 0 Å². The van der Waals surface area contributed by atoms with Gasteiger partial charge in [-0.2, -0.15) is 0 Å². The first-order valence-corrected chi connectivity index (χ1v) is 7.53. The van der Waals surface area contributed by atoms with E-state index in [1.54, 1.807) is 35.4 Å². The summed E-state index contributed by atoms with van der Waals surface area (Å²) in [6, 6.07) is 7.01. The van der Waals surface area contributed by atoms with Gasteiger partial charge in [0, 0.05) is 19.3 Å². The van der Waals surface area contributed by atoms with E-state index in [4.69, 9.17) is 4.74 Å². The van der Waals surface area contributed by atoms with E-state index in [1.807, 2.05) is 10.9 Å². The average Bonchev–Trinajstić information content (AvgIpc) is 3.15. The molecule has 0 saturated carbocycles. The summed E-state index contributed by atoms with van der Waals surface area (Å²) in [6.45, 7) is 1.25. The molecule has 0 unspecified atom stereocenters. The molecule has 0 atom stereocenters. The van der Waals surface area contributed by atoms with Gasteiger partial charge in [-0.1, -0.05) is 17.3 Å². The molecule has 120 valence electrons. The molecule has 0 spiro atoms. The Labute approximate surface area is 133 Å². The summed E-state index contributed by atoms with van der Waals surface area (Å²) in [4.78, 5) is 26.3. The molecule has 0 aliphatic carbocycles. The highest BCUT2D eigenvalue weighted by molar-refractivity contribution is 6.05. The number of likely N-dealkylation sites (tertiary alicyclic amines) is 1. The molecule has 1 aromatic heterocycles. The molecule has 1 saturated heterocycles. The van der Waals surface area contributed by atoms with E-state index in [0.717, 1.165) is 12.8 Å². The summed E-state index contributed by atoms with van der Waals surface area (Å²) in [5.74, 6) is -0.630. The third kappa shape index (κ3) is 3.08. The number of esters is 1. The number of carbonyl (C=O) groups excluding carboxylic acids is 2. The number of hydrogen-bond donors (Lipinski definition) is 0. The summed E-state index contributed by atoms with van der Waals surface area (Å²) >= 11 is 0. The van der Waals surface area contributed by atoms with Crippen molar-refractivity contribution in [2.45, 2.75) is 18.9 Å². The Morgan fingerprint density at radius 3 is 2.48 bits per heavy atom. The van der Waals surface area contributed by atoms with Crippen LogP contribution in [0.3, 0.4) is 0 Å². The van der Waals surface area contributed by atoms with Crippen LogP contribution in [0.4, 0.5) is 0 Å². The number of methoxy groups -OCH3 is 1. The zero-order valence-corrected chi connectivity index (χ0v) is 12.9. The number of rotatable bonds is 3. The summed E-state index contributed by atoms with van der Waals surface area (Å²) < 4.78 is 6.59. The van der Waals surface area contributed by atoms with Gasteiger partial charge in [0.15, 0.2) is 0 Å². The predicted molar refractivity (Wildman–Crippen MR) is 82.0 cm³/mol. The van der Waals surface area contributed by atoms with Gasteiger partial charge in [0.25, 0.3) is 5.91 Å². The maximum Gasteiger partial charge on any atom is 0.338 e. The molecule has 1 aromatic carbocycles. The second-order valence-electron chi connectivity index (χ2n) is 5.44. The van der Waals surface area contributed by atoms with Gasteiger partial charge in [0.2, 0.25) is 0 Å². The first-order valence-electron chi connectivity index (χ1n) is 7.53. The van der Waals surface area contributed by atoms with Gasteiger partial charge in [-0.3, -0.25) is 4.79 Å². The van der Waals surface area contributed by atoms with Gasteiger partial charge >= 0.3 is 5.97 Å². The fraction of sp³-hybridized carbons (Fsp3) is 0.375. The number of aromatic nitrogens is 3. The summed E-state index contributed by atoms with van der Waals surface area (Å²) in [7, 11) is 1.31. The van der Waals surface area contributed by atoms with Crippen LogP contribution in [0.2, 0.25) is 0 Å². The van der Waals surface area contributed by atoms with Crippen molar-refractivity contribution in [3.8, 4) is 0 Å². The van der Waals surface area contributed by atoms with E-state index < -0.39 is 5.97 Å². The lowest BCUT2D eigenvalue weighted by Gasteiger charge is -2.32. The SMILES string of the molecule is COC(=O)c1ccccc1C(=O)N1CCC(n2ccnn2)CC1. The Morgan fingerprint density at radius 2 is 1.87 bits per heavy atom. The number of piperidine rings is 1. The first kappa shape index (κ1) is 15.2. The van der Waals surface area contributed by atoms with E-state index in [9.17, 15) is 9.59 Å². The molecular formula is C16H18N4O3. The number of ether oxygens (including phenoxy) is 1. The molecular weight excluding hydrogens is 296 g/mol. The van der Waals surface area contributed by atoms with Crippen molar-refractivity contribution in [1.29, 1.82) is 0 Å². The molecule has 7 heteroatoms. The predicted octanol–water partition coefficient (Wildman–Crippen LogP) is 1.54. The molecule has 2 heterocycles. The second-order valence-corrected chi connectivity index (χ2v) is 5.44. The highest BCUT2D eigenvalue weighted by Gasteiger charge is 2.27. The summed E-state index contributed by atoms with van der Waals surface area (Å²) in [5.41, 5.74) is 0.692. The molecule has 0 N–H and O–H groups in total. The van der Waals surface area contributed by atoms with Crippen LogP contribution in [-0.2, 0) is 4.74 Å². The van der Waals surface area contributed by atoms with Gasteiger partial charge in [-0.05, 0) is 25.0 Å². The number of nitrogens with zero attached hydrogens (tertiary/aromatic N) is 4. The Bertz CT molecular complexity index is 691. The number of benzene rings is 1. The van der Waals surface area contributed by atoms with Crippen LogP contribution in [0, 0.1) is 0 Å². The normalized spacial score (nSPS) is 15.4. The molecule has 1 fully saturated rings. The minimum absolute atomic E-state index is 0.136. The molecule has 7 nitrogen and oxygen atoms in total. The zero-order chi connectivity index (χ0) is 16.2. The van der Waals surface area contributed by atoms with Gasteiger partial charge < -0.3 is 9.64 Å². The Kier molecular flexibility index (Phi) is 4.36. The van der Waals surface area contributed by atoms with Crippen molar-refractivity contribution in [2.75, 3.05) is 20.2 Å². The van der Waals surface area contributed by atoms with Gasteiger partial charge in [0.05, 0.1) is 30.5 Å². The van der Waals surface area contributed by atoms with Gasteiger partial charge in [-0.15, -0.1) is 5.10 Å². The minimum atomic E-state index is -0.494. The average molecular weight is 314 g/mol. The third-order valence-electron chi connectivity index (χ3n) is 4.13. The fourth-order valence-electron chi connectivity index (χ4n) is 2.87. The third-order valence-corrected chi connectivity index (χ3v) is 4.13. The van der Waals surface area contributed by atoms with E-state index in [0.29, 0.717) is 24.2 Å². The standard InChI is InChI=1S/C16H18N4O3/c1-23-16(22)14-5-3-2-4-13(14)15(21)19-9-6-12(7-10-19)20-11-8-17-18-20/h2-5,8,11-12H,6-7,9-10H2,1H3. The monoisotopic (exact) mass is 314 g/mol. The molecule has 23 heavy (non-hydrogen) atoms. The molecule has 1 aliphatic rings. The van der Waals surface area contributed by atoms with Gasteiger partial charge in [-0.25, -0.2) is 9.48 Å². The highest BCUT2D eigenvalue weighted by Crippen LogP contribution is 2.23. The van der Waals surface area contributed by atoms with E-state index in [-0.39, 0.29) is 11.9 Å². The Balaban J connectivity index is 1.72. The minimum Gasteiger partial charge on any atom is -0.465 e. The van der Waals surface area contributed by atoms with Crippen molar-refractivity contribution >= 4 is 11.9 Å². The Hall–Kier alpha value is -2.70. The maximum absolute atomic E-state index is 12.7. The number of amides is 1. The first-order chi connectivity index (χ1) is 11.2. The zero-order valence-electron chi connectivity index (χ0n) is 12.9. The van der Waals surface area contributed by atoms with Crippen LogP contribution in [0.25, 0.3) is 0 Å². The van der Waals surface area contributed by atoms with Crippen LogP contribution in [0.5, 0.6) is 0 Å². The Morgan fingerprint density at radius 1 is 1.17 bits per heavy atom. The number of carbonyl (C=O) groups is 2. The quantitative estimate of drug-likeness (QED) is 0.803. The van der Waals surface area contributed by atoms with Crippen LogP contribution in [-0.4, -0.2) is 52.0 Å². The lowest BCUT2D eigenvalue weighted by atomic mass is 10.0. The van der Waals surface area contributed by atoms with E-state index >= 15 is 0 Å². The van der Waals surface area contributed by atoms with E-state index in [2.05, 4.69) is 10.3 Å². The van der Waals surface area contributed by atoms with Crippen molar-refractivity contribution in [2.24, 2.45) is 0 Å². The molecule has 2 aromatic rings. The molecule has 0 radical (unpaired) electrons. The molecule has 3 rings (SSSR count). The van der Waals surface area contributed by atoms with Crippen LogP contribution in [0.15, 0.2) is 36.7 Å². The van der Waals surface area contributed by atoms with Crippen LogP contribution < -0.4 is 0 Å². The molecule has 1 amide bonds. The topological polar surface area (TPSA) is 77.3 Å². The lowest BCUT2D eigenvalue weighted by molar-refractivity contribution is 0.0583.